The molecule has 6 heteroatoms. The van der Waals surface area contributed by atoms with Crippen molar-refractivity contribution in [1.82, 2.24) is 0 Å². The summed E-state index contributed by atoms with van der Waals surface area (Å²) in [6, 6.07) is 13.9. The third-order valence-corrected chi connectivity index (χ3v) is 12.2. The van der Waals surface area contributed by atoms with Gasteiger partial charge in [-0.25, -0.2) is 0 Å². The van der Waals surface area contributed by atoms with Gasteiger partial charge >= 0.3 is 0 Å². The second kappa shape index (κ2) is 15.0. The molecule has 0 bridgehead atoms. The number of ether oxygens (including phenoxy) is 4. The molecule has 0 saturated heterocycles. The molecular formula is C41H64O5S. The molecule has 0 fully saturated rings. The van der Waals surface area contributed by atoms with Crippen LogP contribution in [-0.4, -0.2) is 41.7 Å². The average Bonchev–Trinajstić information content (AvgIpc) is 2.95. The Kier molecular flexibility index (Phi) is 12.6. The maximum absolute atomic E-state index is 13.4. The molecule has 1 heterocycles. The lowest BCUT2D eigenvalue weighted by Gasteiger charge is -2.47. The molecule has 0 amide bonds. The molecule has 1 atom stereocenters. The first-order valence-corrected chi connectivity index (χ1v) is 18.4. The number of fused-ring (bicyclic) bond motifs is 2. The van der Waals surface area contributed by atoms with Gasteiger partial charge in [-0.15, -0.1) is 11.3 Å². The van der Waals surface area contributed by atoms with Crippen molar-refractivity contribution >= 4 is 31.5 Å². The highest BCUT2D eigenvalue weighted by atomic mass is 32.1. The molecule has 264 valence electrons. The molecule has 1 aromatic heterocycles. The van der Waals surface area contributed by atoms with Gasteiger partial charge in [0.2, 0.25) is 0 Å². The van der Waals surface area contributed by atoms with Crippen LogP contribution in [0.15, 0.2) is 47.3 Å². The largest absolute Gasteiger partial charge is 0.376 e. The topological polar surface area (TPSA) is 54.0 Å². The van der Waals surface area contributed by atoms with E-state index in [0.29, 0.717) is 13.2 Å². The molecule has 0 aliphatic heterocycles. The van der Waals surface area contributed by atoms with Crippen molar-refractivity contribution in [2.45, 2.75) is 158 Å². The Morgan fingerprint density at radius 2 is 1.30 bits per heavy atom. The number of hydrogen-bond acceptors (Lipinski definition) is 6. The van der Waals surface area contributed by atoms with Gasteiger partial charge in [-0.3, -0.25) is 4.79 Å². The van der Waals surface area contributed by atoms with Crippen LogP contribution in [0.4, 0.5) is 0 Å². The van der Waals surface area contributed by atoms with Gasteiger partial charge in [-0.1, -0.05) is 58.9 Å². The molecule has 47 heavy (non-hydrogen) atoms. The molecule has 1 unspecified atom stereocenters. The van der Waals surface area contributed by atoms with Crippen molar-refractivity contribution in [3.8, 4) is 0 Å². The second-order valence-corrected chi connectivity index (χ2v) is 18.1. The standard InChI is InChI=1S/C41H64O5S/c1-15-38(7,8)43-25-23-36(3,4)41(13,14)46-29(2)27-37(5,6)40(11,12)44-26-24-39(9,10)45-28-30-19-18-22-33-34(30)35(42)31-20-16-17-21-32(31)47-33/h16-22,29H,15,23-28H2,1-14H3. The number of benzene rings is 2. The van der Waals surface area contributed by atoms with E-state index in [1.165, 1.54) is 0 Å². The lowest BCUT2D eigenvalue weighted by atomic mass is 9.72. The zero-order valence-corrected chi connectivity index (χ0v) is 32.8. The fraction of sp³-hybridized carbons (Fsp3) is 0.683. The minimum Gasteiger partial charge on any atom is -0.376 e. The van der Waals surface area contributed by atoms with Crippen LogP contribution in [0.5, 0.6) is 0 Å². The van der Waals surface area contributed by atoms with Crippen LogP contribution in [-0.2, 0) is 25.6 Å². The summed E-state index contributed by atoms with van der Waals surface area (Å²) >= 11 is 1.65. The molecule has 0 saturated carbocycles. The lowest BCUT2D eigenvalue weighted by molar-refractivity contribution is -0.170. The Bertz CT molecular complexity index is 1530. The maximum atomic E-state index is 13.4. The Hall–Kier alpha value is -1.83. The van der Waals surface area contributed by atoms with E-state index in [2.05, 4.69) is 96.9 Å². The quantitative estimate of drug-likeness (QED) is 0.126. The van der Waals surface area contributed by atoms with Gasteiger partial charge in [0.05, 0.1) is 41.7 Å². The van der Waals surface area contributed by atoms with E-state index in [4.69, 9.17) is 18.9 Å². The van der Waals surface area contributed by atoms with Gasteiger partial charge in [-0.2, -0.15) is 0 Å². The number of rotatable bonds is 18. The van der Waals surface area contributed by atoms with E-state index in [9.17, 15) is 4.79 Å². The monoisotopic (exact) mass is 668 g/mol. The Balaban J connectivity index is 1.56. The number of hydrogen-bond donors (Lipinski definition) is 0. The Labute approximate surface area is 289 Å². The predicted molar refractivity (Wildman–Crippen MR) is 201 cm³/mol. The minimum atomic E-state index is -0.423. The van der Waals surface area contributed by atoms with Crippen molar-refractivity contribution in [2.24, 2.45) is 10.8 Å². The summed E-state index contributed by atoms with van der Waals surface area (Å²) in [5.74, 6) is 0. The summed E-state index contributed by atoms with van der Waals surface area (Å²) in [4.78, 5) is 13.4. The van der Waals surface area contributed by atoms with Crippen LogP contribution in [0, 0.1) is 10.8 Å². The molecule has 2 aromatic carbocycles. The molecule has 0 aliphatic carbocycles. The minimum absolute atomic E-state index is 0.0531. The van der Waals surface area contributed by atoms with Crippen molar-refractivity contribution in [1.29, 1.82) is 0 Å². The second-order valence-electron chi connectivity index (χ2n) is 17.0. The zero-order chi connectivity index (χ0) is 35.5. The highest BCUT2D eigenvalue weighted by Gasteiger charge is 2.43. The van der Waals surface area contributed by atoms with Crippen LogP contribution in [0.1, 0.15) is 128 Å². The third kappa shape index (κ3) is 10.1. The van der Waals surface area contributed by atoms with Gasteiger partial charge in [0.1, 0.15) is 0 Å². The highest BCUT2D eigenvalue weighted by molar-refractivity contribution is 7.24. The summed E-state index contributed by atoms with van der Waals surface area (Å²) in [5, 5.41) is 1.53. The molecule has 0 N–H and O–H groups in total. The Morgan fingerprint density at radius 3 is 1.96 bits per heavy atom. The van der Waals surface area contributed by atoms with E-state index >= 15 is 0 Å². The van der Waals surface area contributed by atoms with Crippen LogP contribution in [0.2, 0.25) is 0 Å². The summed E-state index contributed by atoms with van der Waals surface area (Å²) in [6.45, 7) is 32.5. The van der Waals surface area contributed by atoms with E-state index in [1.54, 1.807) is 11.3 Å². The predicted octanol–water partition coefficient (Wildman–Crippen LogP) is 11.1. The van der Waals surface area contributed by atoms with Gasteiger partial charge in [-0.05, 0) is 123 Å². The summed E-state index contributed by atoms with van der Waals surface area (Å²) in [6.07, 6.45) is 3.58. The van der Waals surface area contributed by atoms with Gasteiger partial charge in [0, 0.05) is 26.8 Å². The average molecular weight is 669 g/mol. The first-order chi connectivity index (χ1) is 21.5. The van der Waals surface area contributed by atoms with Gasteiger partial charge in [0.25, 0.3) is 0 Å². The van der Waals surface area contributed by atoms with E-state index < -0.39 is 5.60 Å². The van der Waals surface area contributed by atoms with Gasteiger partial charge < -0.3 is 18.9 Å². The Morgan fingerprint density at radius 1 is 0.681 bits per heavy atom. The van der Waals surface area contributed by atoms with E-state index in [-0.39, 0.29) is 39.2 Å². The van der Waals surface area contributed by atoms with Crippen LogP contribution in [0.25, 0.3) is 20.2 Å². The van der Waals surface area contributed by atoms with Crippen molar-refractivity contribution in [2.75, 3.05) is 13.2 Å². The molecule has 3 aromatic rings. The summed E-state index contributed by atoms with van der Waals surface area (Å²) in [5.41, 5.74) is -0.398. The lowest BCUT2D eigenvalue weighted by Crippen LogP contribution is -2.48. The van der Waals surface area contributed by atoms with Crippen molar-refractivity contribution < 1.29 is 18.9 Å². The third-order valence-electron chi connectivity index (χ3n) is 11.1. The molecule has 0 radical (unpaired) electrons. The van der Waals surface area contributed by atoms with Crippen LogP contribution < -0.4 is 5.43 Å². The van der Waals surface area contributed by atoms with Crippen molar-refractivity contribution in [3.05, 3.63) is 58.3 Å². The summed E-state index contributed by atoms with van der Waals surface area (Å²) in [7, 11) is 0. The molecule has 5 nitrogen and oxygen atoms in total. The van der Waals surface area contributed by atoms with E-state index in [0.717, 1.165) is 58.0 Å². The zero-order valence-electron chi connectivity index (χ0n) is 32.0. The SMILES string of the molecule is CCC(C)(C)OCCC(C)(C)C(C)(C)OC(C)CC(C)(C)C(C)(C)OCCC(C)(C)OCc1cccc2sc3ccccc3c(=O)c12. The highest BCUT2D eigenvalue weighted by Crippen LogP contribution is 2.43. The molecule has 3 rings (SSSR count). The van der Waals surface area contributed by atoms with E-state index in [1.807, 2.05) is 42.5 Å². The van der Waals surface area contributed by atoms with Crippen molar-refractivity contribution in [3.63, 3.8) is 0 Å². The van der Waals surface area contributed by atoms with Gasteiger partial charge in [0.15, 0.2) is 5.43 Å². The summed E-state index contributed by atoms with van der Waals surface area (Å²) < 4.78 is 28.0. The normalized spacial score (nSPS) is 14.7. The first kappa shape index (κ1) is 39.6. The smallest absolute Gasteiger partial charge is 0.196 e. The fourth-order valence-corrected chi connectivity index (χ4v) is 6.91. The fourth-order valence-electron chi connectivity index (χ4n) is 5.78. The molecule has 0 aliphatic rings. The first-order valence-electron chi connectivity index (χ1n) is 17.6. The van der Waals surface area contributed by atoms with Crippen LogP contribution in [0.3, 0.4) is 0 Å². The van der Waals surface area contributed by atoms with Crippen LogP contribution >= 0.6 is 11.3 Å². The molecular weight excluding hydrogens is 605 g/mol. The molecule has 0 spiro atoms. The maximum Gasteiger partial charge on any atom is 0.196 e.